The molecule has 6 heteroatoms. The maximum Gasteiger partial charge on any atom is 0.251 e. The van der Waals surface area contributed by atoms with Gasteiger partial charge in [-0.3, -0.25) is 4.79 Å². The lowest BCUT2D eigenvalue weighted by atomic mass is 10.2. The average molecular weight is 385 g/mol. The largest absolute Gasteiger partial charge is 0.497 e. The van der Waals surface area contributed by atoms with Crippen LogP contribution in [0.1, 0.15) is 26.6 Å². The van der Waals surface area contributed by atoms with E-state index in [4.69, 9.17) is 4.74 Å². The third-order valence-corrected chi connectivity index (χ3v) is 5.65. The zero-order valence-corrected chi connectivity index (χ0v) is 16.3. The molecule has 134 valence electrons. The standard InChI is InChI=1S/C20H20N2O2S2/c1-14-22-17(12-25-14)13-26-19-9-5-16(6-10-19)20(23)21-11-15-3-7-18(24-2)8-4-15/h3-10,12H,11,13H2,1-2H3,(H,21,23). The van der Waals surface area contributed by atoms with Crippen LogP contribution in [0.3, 0.4) is 0 Å². The molecule has 0 spiro atoms. The fourth-order valence-corrected chi connectivity index (χ4v) is 3.87. The van der Waals surface area contributed by atoms with Crippen LogP contribution in [-0.4, -0.2) is 18.0 Å². The van der Waals surface area contributed by atoms with E-state index < -0.39 is 0 Å². The summed E-state index contributed by atoms with van der Waals surface area (Å²) >= 11 is 3.39. The maximum atomic E-state index is 12.3. The fraction of sp³-hybridized carbons (Fsp3) is 0.200. The first kappa shape index (κ1) is 18.5. The first-order valence-corrected chi connectivity index (χ1v) is 10.1. The number of ether oxygens (including phenoxy) is 1. The Morgan fingerprint density at radius 2 is 1.88 bits per heavy atom. The Morgan fingerprint density at radius 3 is 2.50 bits per heavy atom. The van der Waals surface area contributed by atoms with Crippen molar-refractivity contribution in [1.82, 2.24) is 10.3 Å². The van der Waals surface area contributed by atoms with Gasteiger partial charge in [0.05, 0.1) is 17.8 Å². The highest BCUT2D eigenvalue weighted by atomic mass is 32.2. The molecule has 0 radical (unpaired) electrons. The molecule has 0 aliphatic rings. The zero-order chi connectivity index (χ0) is 18.4. The first-order chi connectivity index (χ1) is 12.6. The predicted octanol–water partition coefficient (Wildman–Crippen LogP) is 4.68. The van der Waals surface area contributed by atoms with E-state index in [1.54, 1.807) is 30.2 Å². The highest BCUT2D eigenvalue weighted by Crippen LogP contribution is 2.24. The molecule has 0 saturated carbocycles. The minimum absolute atomic E-state index is 0.0764. The topological polar surface area (TPSA) is 51.2 Å². The summed E-state index contributed by atoms with van der Waals surface area (Å²) in [7, 11) is 1.64. The van der Waals surface area contributed by atoms with Crippen LogP contribution in [0, 0.1) is 6.92 Å². The van der Waals surface area contributed by atoms with Gasteiger partial charge in [-0.15, -0.1) is 23.1 Å². The number of thioether (sulfide) groups is 1. The summed E-state index contributed by atoms with van der Waals surface area (Å²) in [6.45, 7) is 2.50. The van der Waals surface area contributed by atoms with Crippen LogP contribution in [0.25, 0.3) is 0 Å². The van der Waals surface area contributed by atoms with Crippen molar-refractivity contribution >= 4 is 29.0 Å². The Bertz CT molecular complexity index is 858. The molecule has 3 aromatic rings. The predicted molar refractivity (Wildman–Crippen MR) is 107 cm³/mol. The SMILES string of the molecule is COc1ccc(CNC(=O)c2ccc(SCc3csc(C)n3)cc2)cc1. The number of hydrogen-bond acceptors (Lipinski definition) is 5. The molecule has 0 unspecified atom stereocenters. The number of carbonyl (C=O) groups is 1. The third kappa shape index (κ3) is 5.09. The summed E-state index contributed by atoms with van der Waals surface area (Å²) < 4.78 is 5.13. The van der Waals surface area contributed by atoms with Crippen molar-refractivity contribution in [3.63, 3.8) is 0 Å². The lowest BCUT2D eigenvalue weighted by molar-refractivity contribution is 0.0951. The average Bonchev–Trinajstić information content (AvgIpc) is 3.10. The number of hydrogen-bond donors (Lipinski definition) is 1. The molecule has 1 N–H and O–H groups in total. The number of benzene rings is 2. The monoisotopic (exact) mass is 384 g/mol. The van der Waals surface area contributed by atoms with E-state index in [9.17, 15) is 4.79 Å². The minimum atomic E-state index is -0.0764. The van der Waals surface area contributed by atoms with Gasteiger partial charge in [0, 0.05) is 28.1 Å². The molecule has 1 amide bonds. The lowest BCUT2D eigenvalue weighted by Gasteiger charge is -2.07. The number of nitrogens with one attached hydrogen (secondary N) is 1. The van der Waals surface area contributed by atoms with E-state index in [-0.39, 0.29) is 5.91 Å². The smallest absolute Gasteiger partial charge is 0.251 e. The van der Waals surface area contributed by atoms with Gasteiger partial charge in [-0.25, -0.2) is 4.98 Å². The zero-order valence-electron chi connectivity index (χ0n) is 14.7. The molecule has 0 bridgehead atoms. The summed E-state index contributed by atoms with van der Waals surface area (Å²) in [6.07, 6.45) is 0. The van der Waals surface area contributed by atoms with Gasteiger partial charge in [-0.1, -0.05) is 12.1 Å². The number of aromatic nitrogens is 1. The normalized spacial score (nSPS) is 10.5. The Kier molecular flexibility index (Phi) is 6.30. The van der Waals surface area contributed by atoms with E-state index in [0.29, 0.717) is 12.1 Å². The van der Waals surface area contributed by atoms with Gasteiger partial charge in [0.2, 0.25) is 0 Å². The molecular formula is C20H20N2O2S2. The molecule has 0 atom stereocenters. The first-order valence-electron chi connectivity index (χ1n) is 8.19. The molecule has 0 saturated heterocycles. The Hall–Kier alpha value is -2.31. The molecule has 3 rings (SSSR count). The summed E-state index contributed by atoms with van der Waals surface area (Å²) in [4.78, 5) is 17.9. The van der Waals surface area contributed by atoms with E-state index in [1.807, 2.05) is 55.5 Å². The van der Waals surface area contributed by atoms with Crippen molar-refractivity contribution in [2.75, 3.05) is 7.11 Å². The van der Waals surface area contributed by atoms with Crippen molar-refractivity contribution in [1.29, 1.82) is 0 Å². The van der Waals surface area contributed by atoms with Crippen LogP contribution in [0.15, 0.2) is 58.8 Å². The van der Waals surface area contributed by atoms with Gasteiger partial charge in [0.15, 0.2) is 0 Å². The fourth-order valence-electron chi connectivity index (χ4n) is 2.36. The van der Waals surface area contributed by atoms with Gasteiger partial charge in [0.1, 0.15) is 5.75 Å². The highest BCUT2D eigenvalue weighted by Gasteiger charge is 2.06. The number of carbonyl (C=O) groups excluding carboxylic acids is 1. The van der Waals surface area contributed by atoms with Crippen molar-refractivity contribution in [3.8, 4) is 5.75 Å². The quantitative estimate of drug-likeness (QED) is 0.601. The third-order valence-electron chi connectivity index (χ3n) is 3.78. The molecular weight excluding hydrogens is 364 g/mol. The van der Waals surface area contributed by atoms with Gasteiger partial charge >= 0.3 is 0 Å². The van der Waals surface area contributed by atoms with Crippen LogP contribution in [0.5, 0.6) is 5.75 Å². The molecule has 0 fully saturated rings. The minimum Gasteiger partial charge on any atom is -0.497 e. The molecule has 2 aromatic carbocycles. The van der Waals surface area contributed by atoms with Crippen molar-refractivity contribution in [2.45, 2.75) is 24.1 Å². The molecule has 4 nitrogen and oxygen atoms in total. The Labute approximate surface area is 161 Å². The summed E-state index contributed by atoms with van der Waals surface area (Å²) in [5, 5.41) is 6.11. The Morgan fingerprint density at radius 1 is 1.15 bits per heavy atom. The number of thiazole rings is 1. The lowest BCUT2D eigenvalue weighted by Crippen LogP contribution is -2.22. The van der Waals surface area contributed by atoms with Crippen LogP contribution < -0.4 is 10.1 Å². The van der Waals surface area contributed by atoms with Crippen LogP contribution >= 0.6 is 23.1 Å². The second-order valence-corrected chi connectivity index (χ2v) is 7.81. The molecule has 0 aliphatic carbocycles. The number of rotatable bonds is 7. The molecule has 1 aromatic heterocycles. The van der Waals surface area contributed by atoms with Crippen LogP contribution in [-0.2, 0) is 12.3 Å². The van der Waals surface area contributed by atoms with Crippen molar-refractivity contribution in [3.05, 3.63) is 75.7 Å². The summed E-state index contributed by atoms with van der Waals surface area (Å²) in [5.74, 6) is 1.57. The Balaban J connectivity index is 1.51. The van der Waals surface area contributed by atoms with Gasteiger partial charge in [-0.05, 0) is 48.9 Å². The van der Waals surface area contributed by atoms with E-state index in [2.05, 4.69) is 15.7 Å². The number of methoxy groups -OCH3 is 1. The van der Waals surface area contributed by atoms with E-state index in [1.165, 1.54) is 0 Å². The number of amides is 1. The van der Waals surface area contributed by atoms with Gasteiger partial charge in [-0.2, -0.15) is 0 Å². The van der Waals surface area contributed by atoms with Gasteiger partial charge < -0.3 is 10.1 Å². The molecule has 0 aliphatic heterocycles. The maximum absolute atomic E-state index is 12.3. The second kappa shape index (κ2) is 8.87. The second-order valence-electron chi connectivity index (χ2n) is 5.70. The number of nitrogens with zero attached hydrogens (tertiary/aromatic N) is 1. The molecule has 26 heavy (non-hydrogen) atoms. The summed E-state index contributed by atoms with van der Waals surface area (Å²) in [5.41, 5.74) is 2.79. The van der Waals surface area contributed by atoms with Crippen LogP contribution in [0.4, 0.5) is 0 Å². The van der Waals surface area contributed by atoms with Crippen molar-refractivity contribution in [2.24, 2.45) is 0 Å². The van der Waals surface area contributed by atoms with Crippen LogP contribution in [0.2, 0.25) is 0 Å². The highest BCUT2D eigenvalue weighted by molar-refractivity contribution is 7.98. The van der Waals surface area contributed by atoms with Crippen molar-refractivity contribution < 1.29 is 9.53 Å². The van der Waals surface area contributed by atoms with E-state index >= 15 is 0 Å². The summed E-state index contributed by atoms with van der Waals surface area (Å²) in [6, 6.07) is 15.3. The number of aryl methyl sites for hydroxylation is 1. The van der Waals surface area contributed by atoms with E-state index in [0.717, 1.165) is 32.7 Å². The van der Waals surface area contributed by atoms with Gasteiger partial charge in [0.25, 0.3) is 5.91 Å². The molecule has 1 heterocycles.